The van der Waals surface area contributed by atoms with Crippen molar-refractivity contribution in [3.8, 4) is 91.0 Å². The minimum absolute atomic E-state index is 0.581. The smallest absolute Gasteiger partial charge is 0.164 e. The van der Waals surface area contributed by atoms with Gasteiger partial charge in [0.25, 0.3) is 0 Å². The predicted octanol–water partition coefficient (Wildman–Crippen LogP) is 13.1. The number of allylic oxidation sites excluding steroid dienone is 4. The second kappa shape index (κ2) is 16.1. The van der Waals surface area contributed by atoms with Crippen molar-refractivity contribution in [2.24, 2.45) is 0 Å². The number of aromatic nitrogens is 3. The van der Waals surface area contributed by atoms with Crippen LogP contribution in [0.15, 0.2) is 200 Å². The van der Waals surface area contributed by atoms with Crippen LogP contribution in [0, 0.1) is 12.3 Å². The largest absolute Gasteiger partial charge is 0.208 e. The molecule has 0 radical (unpaired) electrons. The molecule has 0 spiro atoms. The van der Waals surface area contributed by atoms with Crippen molar-refractivity contribution in [1.82, 2.24) is 15.0 Å². The van der Waals surface area contributed by atoms with Crippen molar-refractivity contribution in [2.75, 3.05) is 0 Å². The van der Waals surface area contributed by atoms with E-state index in [4.69, 9.17) is 21.4 Å². The van der Waals surface area contributed by atoms with Crippen LogP contribution >= 0.6 is 0 Å². The molecule has 3 heteroatoms. The molecule has 1 aromatic heterocycles. The molecule has 55 heavy (non-hydrogen) atoms. The van der Waals surface area contributed by atoms with Crippen LogP contribution in [0.4, 0.5) is 0 Å². The lowest BCUT2D eigenvalue weighted by molar-refractivity contribution is 1.07. The first-order valence-corrected chi connectivity index (χ1v) is 18.3. The molecule has 8 aromatic rings. The molecule has 0 bridgehead atoms. The van der Waals surface area contributed by atoms with E-state index in [0.29, 0.717) is 17.5 Å². The van der Waals surface area contributed by atoms with Gasteiger partial charge in [0.05, 0.1) is 0 Å². The van der Waals surface area contributed by atoms with E-state index in [1.807, 2.05) is 43.3 Å². The van der Waals surface area contributed by atoms with E-state index >= 15 is 0 Å². The molecular weight excluding hydrogens is 667 g/mol. The standard InChI is InChI=1S/C52H37N3/c1-3-14-37(15-4-2)44-20-11-23-47(34-44)50-53-51(48-24-12-21-45(35-48)42-30-26-40(27-31-42)38-16-7-5-8-17-38)55-52(54-50)49-25-13-22-46(36-49)43-32-28-41(29-33-43)39-18-9-6-10-19-39/h1,4-36H,2H3/b15-4-,37-14+. The van der Waals surface area contributed by atoms with Crippen molar-refractivity contribution in [2.45, 2.75) is 6.92 Å². The van der Waals surface area contributed by atoms with E-state index in [1.165, 1.54) is 22.3 Å². The number of hydrogen-bond donors (Lipinski definition) is 0. The molecule has 260 valence electrons. The Kier molecular flexibility index (Phi) is 10.1. The summed E-state index contributed by atoms with van der Waals surface area (Å²) in [6.07, 6.45) is 11.5. The molecule has 0 amide bonds. The summed E-state index contributed by atoms with van der Waals surface area (Å²) in [5.41, 5.74) is 13.7. The van der Waals surface area contributed by atoms with Crippen LogP contribution in [-0.2, 0) is 0 Å². The van der Waals surface area contributed by atoms with Crippen LogP contribution in [0.1, 0.15) is 12.5 Å². The molecule has 0 saturated heterocycles. The third kappa shape index (κ3) is 7.86. The van der Waals surface area contributed by atoms with Crippen LogP contribution in [0.3, 0.4) is 0 Å². The highest BCUT2D eigenvalue weighted by atomic mass is 15.0. The van der Waals surface area contributed by atoms with Gasteiger partial charge in [-0.25, -0.2) is 15.0 Å². The SMILES string of the molecule is C#C/C=C(\C=C/C)c1cccc(-c2nc(-c3cccc(-c4ccc(-c5ccccc5)cc4)c3)nc(-c3cccc(-c4ccc(-c5ccccc5)cc4)c3)n2)c1. The monoisotopic (exact) mass is 703 g/mol. The van der Waals surface area contributed by atoms with E-state index in [1.54, 1.807) is 6.08 Å². The molecule has 0 fully saturated rings. The van der Waals surface area contributed by atoms with Gasteiger partial charge in [-0.1, -0.05) is 182 Å². The summed E-state index contributed by atoms with van der Waals surface area (Å²) in [6, 6.07) is 63.2. The first kappa shape index (κ1) is 34.7. The van der Waals surface area contributed by atoms with Crippen LogP contribution in [0.25, 0.3) is 84.2 Å². The quantitative estimate of drug-likeness (QED) is 0.111. The summed E-state index contributed by atoms with van der Waals surface area (Å²) in [4.78, 5) is 15.3. The van der Waals surface area contributed by atoms with Gasteiger partial charge in [0.1, 0.15) is 0 Å². The van der Waals surface area contributed by atoms with Gasteiger partial charge in [-0.15, -0.1) is 6.42 Å². The first-order chi connectivity index (χ1) is 27.1. The highest BCUT2D eigenvalue weighted by molar-refractivity contribution is 5.80. The van der Waals surface area contributed by atoms with Gasteiger partial charge in [0, 0.05) is 16.7 Å². The molecule has 8 rings (SSSR count). The van der Waals surface area contributed by atoms with Crippen molar-refractivity contribution >= 4 is 5.57 Å². The van der Waals surface area contributed by atoms with Gasteiger partial charge in [-0.2, -0.15) is 0 Å². The highest BCUT2D eigenvalue weighted by Crippen LogP contribution is 2.32. The Hall–Kier alpha value is -7.41. The normalized spacial score (nSPS) is 11.4. The number of benzene rings is 7. The zero-order valence-electron chi connectivity index (χ0n) is 30.5. The number of nitrogens with zero attached hydrogens (tertiary/aromatic N) is 3. The number of terminal acetylenes is 1. The summed E-state index contributed by atoms with van der Waals surface area (Å²) in [6.45, 7) is 1.98. The minimum Gasteiger partial charge on any atom is -0.208 e. The Labute approximate surface area is 323 Å². The molecule has 0 aliphatic heterocycles. The number of hydrogen-bond acceptors (Lipinski definition) is 3. The van der Waals surface area contributed by atoms with Gasteiger partial charge in [-0.05, 0) is 86.8 Å². The highest BCUT2D eigenvalue weighted by Gasteiger charge is 2.15. The Morgan fingerprint density at radius 2 is 0.745 bits per heavy atom. The van der Waals surface area contributed by atoms with Gasteiger partial charge in [0.2, 0.25) is 0 Å². The molecule has 0 saturated carbocycles. The summed E-state index contributed by atoms with van der Waals surface area (Å²) in [5, 5.41) is 0. The Morgan fingerprint density at radius 3 is 1.16 bits per heavy atom. The molecule has 3 nitrogen and oxygen atoms in total. The fourth-order valence-electron chi connectivity index (χ4n) is 6.75. The van der Waals surface area contributed by atoms with Gasteiger partial charge in [0.15, 0.2) is 17.5 Å². The lowest BCUT2D eigenvalue weighted by Gasteiger charge is -2.12. The van der Waals surface area contributed by atoms with Crippen molar-refractivity contribution in [3.63, 3.8) is 0 Å². The molecule has 0 aliphatic rings. The Morgan fingerprint density at radius 1 is 0.400 bits per heavy atom. The summed E-state index contributed by atoms with van der Waals surface area (Å²) in [5.74, 6) is 4.45. The van der Waals surface area contributed by atoms with Gasteiger partial charge < -0.3 is 0 Å². The van der Waals surface area contributed by atoms with Crippen molar-refractivity contribution in [1.29, 1.82) is 0 Å². The molecule has 0 atom stereocenters. The first-order valence-electron chi connectivity index (χ1n) is 18.3. The molecule has 0 unspecified atom stereocenters. The third-order valence-electron chi connectivity index (χ3n) is 9.57. The molecule has 0 N–H and O–H groups in total. The van der Waals surface area contributed by atoms with Gasteiger partial charge in [-0.3, -0.25) is 0 Å². The van der Waals surface area contributed by atoms with Crippen LogP contribution in [0.5, 0.6) is 0 Å². The van der Waals surface area contributed by atoms with E-state index in [9.17, 15) is 0 Å². The van der Waals surface area contributed by atoms with E-state index in [0.717, 1.165) is 50.1 Å². The lowest BCUT2D eigenvalue weighted by Crippen LogP contribution is -2.01. The molecular formula is C52H37N3. The Bertz CT molecular complexity index is 2540. The predicted molar refractivity (Wildman–Crippen MR) is 230 cm³/mol. The van der Waals surface area contributed by atoms with Crippen LogP contribution in [0.2, 0.25) is 0 Å². The zero-order valence-corrected chi connectivity index (χ0v) is 30.5. The summed E-state index contributed by atoms with van der Waals surface area (Å²) >= 11 is 0. The lowest BCUT2D eigenvalue weighted by atomic mass is 9.98. The average molecular weight is 704 g/mol. The fraction of sp³-hybridized carbons (Fsp3) is 0.0192. The Balaban J connectivity index is 1.20. The maximum absolute atomic E-state index is 5.70. The van der Waals surface area contributed by atoms with E-state index in [-0.39, 0.29) is 0 Å². The minimum atomic E-state index is 0.581. The van der Waals surface area contributed by atoms with E-state index in [2.05, 4.69) is 164 Å². The summed E-state index contributed by atoms with van der Waals surface area (Å²) in [7, 11) is 0. The molecule has 0 aliphatic carbocycles. The van der Waals surface area contributed by atoms with Gasteiger partial charge >= 0.3 is 0 Å². The number of rotatable bonds is 9. The third-order valence-corrected chi connectivity index (χ3v) is 9.57. The second-order valence-electron chi connectivity index (χ2n) is 13.2. The van der Waals surface area contributed by atoms with Crippen LogP contribution < -0.4 is 0 Å². The maximum atomic E-state index is 5.70. The zero-order chi connectivity index (χ0) is 37.4. The fourth-order valence-corrected chi connectivity index (χ4v) is 6.75. The van der Waals surface area contributed by atoms with Crippen molar-refractivity contribution in [3.05, 3.63) is 206 Å². The second-order valence-corrected chi connectivity index (χ2v) is 13.2. The topological polar surface area (TPSA) is 38.7 Å². The maximum Gasteiger partial charge on any atom is 0.164 e. The molecule has 1 heterocycles. The molecule has 7 aromatic carbocycles. The van der Waals surface area contributed by atoms with E-state index < -0.39 is 0 Å². The van der Waals surface area contributed by atoms with Crippen molar-refractivity contribution < 1.29 is 0 Å². The van der Waals surface area contributed by atoms with Crippen LogP contribution in [-0.4, -0.2) is 15.0 Å². The average Bonchev–Trinajstić information content (AvgIpc) is 3.27. The summed E-state index contributed by atoms with van der Waals surface area (Å²) < 4.78 is 0.